The Labute approximate surface area is 156 Å². The Morgan fingerprint density at radius 1 is 1.38 bits per heavy atom. The molecule has 0 aliphatic carbocycles. The fourth-order valence-electron chi connectivity index (χ4n) is 3.07. The first kappa shape index (κ1) is 18.6. The number of likely N-dealkylation sites (tertiary alicyclic amines) is 1. The number of benzene rings is 1. The van der Waals surface area contributed by atoms with Crippen LogP contribution in [-0.2, 0) is 4.74 Å². The van der Waals surface area contributed by atoms with Crippen LogP contribution in [0.3, 0.4) is 0 Å². The first-order valence-corrected chi connectivity index (χ1v) is 8.97. The van der Waals surface area contributed by atoms with Gasteiger partial charge in [0.1, 0.15) is 11.4 Å². The van der Waals surface area contributed by atoms with Crippen LogP contribution >= 0.6 is 12.2 Å². The number of amides is 1. The Kier molecular flexibility index (Phi) is 5.13. The molecule has 0 spiro atoms. The van der Waals surface area contributed by atoms with Gasteiger partial charge in [0.05, 0.1) is 5.56 Å². The standard InChI is InChI=1S/C18H22FN3O3S/c1-18(2,3)25-17(23)22-9-7-11(8-10-22)12-5-4-6-13(14(12)19)15-20-21-16(26)24-15/h4-6,11H,7-10H2,1-3H3,(H,21,26). The van der Waals surface area contributed by atoms with E-state index in [9.17, 15) is 9.18 Å². The van der Waals surface area contributed by atoms with Crippen molar-refractivity contribution in [2.45, 2.75) is 45.1 Å². The van der Waals surface area contributed by atoms with Crippen LogP contribution in [0.5, 0.6) is 0 Å². The van der Waals surface area contributed by atoms with Crippen LogP contribution < -0.4 is 0 Å². The Balaban J connectivity index is 1.72. The molecule has 140 valence electrons. The number of rotatable bonds is 2. The molecule has 8 heteroatoms. The number of hydrogen-bond donors (Lipinski definition) is 1. The lowest BCUT2D eigenvalue weighted by atomic mass is 9.88. The van der Waals surface area contributed by atoms with Crippen molar-refractivity contribution >= 4 is 18.3 Å². The van der Waals surface area contributed by atoms with E-state index in [4.69, 9.17) is 21.4 Å². The van der Waals surface area contributed by atoms with Crippen molar-refractivity contribution in [3.8, 4) is 11.5 Å². The van der Waals surface area contributed by atoms with Crippen LogP contribution in [0.25, 0.3) is 11.5 Å². The lowest BCUT2D eigenvalue weighted by Crippen LogP contribution is -2.41. The minimum absolute atomic E-state index is 0.0237. The van der Waals surface area contributed by atoms with Gasteiger partial charge in [-0.3, -0.25) is 0 Å². The molecule has 1 aromatic heterocycles. The number of carbonyl (C=O) groups is 1. The summed E-state index contributed by atoms with van der Waals surface area (Å²) in [5.74, 6) is -0.190. The summed E-state index contributed by atoms with van der Waals surface area (Å²) in [4.78, 5) is 13.9. The molecule has 26 heavy (non-hydrogen) atoms. The highest BCUT2D eigenvalue weighted by Gasteiger charge is 2.29. The molecule has 6 nitrogen and oxygen atoms in total. The maximum Gasteiger partial charge on any atom is 0.410 e. The zero-order valence-corrected chi connectivity index (χ0v) is 15.9. The van der Waals surface area contributed by atoms with E-state index in [0.29, 0.717) is 31.5 Å². The van der Waals surface area contributed by atoms with E-state index in [2.05, 4.69) is 10.2 Å². The number of nitrogens with zero attached hydrogens (tertiary/aromatic N) is 2. The van der Waals surface area contributed by atoms with E-state index >= 15 is 0 Å². The quantitative estimate of drug-likeness (QED) is 0.769. The summed E-state index contributed by atoms with van der Waals surface area (Å²) < 4.78 is 25.6. The second-order valence-electron chi connectivity index (χ2n) is 7.37. The number of halogens is 1. The van der Waals surface area contributed by atoms with Crippen molar-refractivity contribution in [3.05, 3.63) is 34.4 Å². The number of carbonyl (C=O) groups excluding carboxylic acids is 1. The van der Waals surface area contributed by atoms with Gasteiger partial charge in [-0.15, -0.1) is 5.10 Å². The Morgan fingerprint density at radius 2 is 2.08 bits per heavy atom. The van der Waals surface area contributed by atoms with Crippen LogP contribution in [0.2, 0.25) is 0 Å². The van der Waals surface area contributed by atoms with E-state index in [1.807, 2.05) is 20.8 Å². The van der Waals surface area contributed by atoms with Gasteiger partial charge in [-0.1, -0.05) is 12.1 Å². The van der Waals surface area contributed by atoms with Crippen molar-refractivity contribution in [3.63, 3.8) is 0 Å². The molecule has 1 aliphatic rings. The molecule has 0 bridgehead atoms. The maximum atomic E-state index is 15.0. The number of aromatic amines is 1. The molecule has 3 rings (SSSR count). The Hall–Kier alpha value is -2.22. The molecule has 2 heterocycles. The third kappa shape index (κ3) is 4.12. The number of hydrogen-bond acceptors (Lipinski definition) is 5. The molecule has 0 unspecified atom stereocenters. The first-order valence-electron chi connectivity index (χ1n) is 8.57. The summed E-state index contributed by atoms with van der Waals surface area (Å²) >= 11 is 4.85. The van der Waals surface area contributed by atoms with Gasteiger partial charge in [-0.2, -0.15) is 0 Å². The molecule has 1 fully saturated rings. The van der Waals surface area contributed by atoms with Gasteiger partial charge in [0.2, 0.25) is 5.89 Å². The number of ether oxygens (including phenoxy) is 1. The average molecular weight is 379 g/mol. The first-order chi connectivity index (χ1) is 12.2. The Bertz CT molecular complexity index is 848. The summed E-state index contributed by atoms with van der Waals surface area (Å²) in [6.07, 6.45) is 1.02. The number of aromatic nitrogens is 2. The predicted octanol–water partition coefficient (Wildman–Crippen LogP) is 4.65. The van der Waals surface area contributed by atoms with Gasteiger partial charge >= 0.3 is 6.09 Å². The lowest BCUT2D eigenvalue weighted by Gasteiger charge is -2.33. The van der Waals surface area contributed by atoms with Crippen molar-refractivity contribution < 1.29 is 18.3 Å². The summed E-state index contributed by atoms with van der Waals surface area (Å²) in [7, 11) is 0. The summed E-state index contributed by atoms with van der Waals surface area (Å²) in [6.45, 7) is 6.59. The van der Waals surface area contributed by atoms with Gasteiger partial charge < -0.3 is 14.1 Å². The fourth-order valence-corrected chi connectivity index (χ4v) is 3.20. The molecule has 1 N–H and O–H groups in total. The van der Waals surface area contributed by atoms with Crippen molar-refractivity contribution in [1.29, 1.82) is 0 Å². The monoisotopic (exact) mass is 379 g/mol. The van der Waals surface area contributed by atoms with E-state index in [-0.39, 0.29) is 34.1 Å². The smallest absolute Gasteiger partial charge is 0.410 e. The van der Waals surface area contributed by atoms with Crippen LogP contribution in [0.4, 0.5) is 9.18 Å². The van der Waals surface area contributed by atoms with Crippen LogP contribution in [0, 0.1) is 10.7 Å². The molecular formula is C18H22FN3O3S. The molecule has 0 saturated carbocycles. The van der Waals surface area contributed by atoms with Gasteiger partial charge in [0, 0.05) is 13.1 Å². The van der Waals surface area contributed by atoms with Crippen molar-refractivity contribution in [2.75, 3.05) is 13.1 Å². The zero-order chi connectivity index (χ0) is 18.9. The molecule has 0 atom stereocenters. The molecule has 2 aromatic rings. The van der Waals surface area contributed by atoms with E-state index in [0.717, 1.165) is 0 Å². The topological polar surface area (TPSA) is 71.4 Å². The fraction of sp³-hybridized carbons (Fsp3) is 0.500. The highest BCUT2D eigenvalue weighted by molar-refractivity contribution is 7.71. The van der Waals surface area contributed by atoms with Crippen molar-refractivity contribution in [2.24, 2.45) is 0 Å². The molecule has 1 saturated heterocycles. The van der Waals surface area contributed by atoms with Crippen molar-refractivity contribution in [1.82, 2.24) is 15.1 Å². The summed E-state index contributed by atoms with van der Waals surface area (Å²) in [5, 5.41) is 6.40. The van der Waals surface area contributed by atoms with Gasteiger partial charge in [-0.25, -0.2) is 14.3 Å². The Morgan fingerprint density at radius 3 is 2.65 bits per heavy atom. The van der Waals surface area contributed by atoms with E-state index in [1.54, 1.807) is 23.1 Å². The third-order valence-electron chi connectivity index (χ3n) is 4.28. The number of H-pyrrole nitrogens is 1. The second-order valence-corrected chi connectivity index (χ2v) is 7.74. The molecular weight excluding hydrogens is 357 g/mol. The second kappa shape index (κ2) is 7.19. The maximum absolute atomic E-state index is 15.0. The minimum atomic E-state index is -0.523. The van der Waals surface area contributed by atoms with E-state index in [1.165, 1.54) is 0 Å². The number of nitrogens with one attached hydrogen (secondary N) is 1. The molecule has 0 radical (unpaired) electrons. The lowest BCUT2D eigenvalue weighted by molar-refractivity contribution is 0.0204. The predicted molar refractivity (Wildman–Crippen MR) is 96.9 cm³/mol. The van der Waals surface area contributed by atoms with Gasteiger partial charge in [0.25, 0.3) is 4.84 Å². The van der Waals surface area contributed by atoms with E-state index < -0.39 is 5.60 Å². The highest BCUT2D eigenvalue weighted by Crippen LogP contribution is 2.34. The molecule has 1 aliphatic heterocycles. The highest BCUT2D eigenvalue weighted by atomic mass is 32.1. The third-order valence-corrected chi connectivity index (χ3v) is 4.46. The number of piperidine rings is 1. The van der Waals surface area contributed by atoms with Gasteiger partial charge in [0.15, 0.2) is 0 Å². The van der Waals surface area contributed by atoms with Gasteiger partial charge in [-0.05, 0) is 63.4 Å². The summed E-state index contributed by atoms with van der Waals surface area (Å²) in [6, 6.07) is 5.16. The van der Waals surface area contributed by atoms with Crippen LogP contribution in [0.15, 0.2) is 22.6 Å². The normalized spacial score (nSPS) is 15.9. The largest absolute Gasteiger partial charge is 0.444 e. The average Bonchev–Trinajstić information content (AvgIpc) is 3.00. The SMILES string of the molecule is CC(C)(C)OC(=O)N1CCC(c2cccc(-c3n[nH]c(=S)o3)c2F)CC1. The minimum Gasteiger partial charge on any atom is -0.444 e. The zero-order valence-electron chi connectivity index (χ0n) is 15.0. The van der Waals surface area contributed by atoms with Crippen LogP contribution in [-0.4, -0.2) is 39.9 Å². The summed E-state index contributed by atoms with van der Waals surface area (Å²) in [5.41, 5.74) is 0.366. The molecule has 1 aromatic carbocycles. The molecule has 1 amide bonds. The van der Waals surface area contributed by atoms with Crippen LogP contribution in [0.1, 0.15) is 45.1 Å².